The van der Waals surface area contributed by atoms with Gasteiger partial charge in [0.1, 0.15) is 5.75 Å². The SMILES string of the molecule is O=C(CNc1cccc(OC2CCCC2)c1)NC1CC1. The summed E-state index contributed by atoms with van der Waals surface area (Å²) in [5.74, 6) is 0.958. The first-order valence-electron chi connectivity index (χ1n) is 7.59. The molecule has 108 valence electrons. The van der Waals surface area contributed by atoms with Crippen molar-refractivity contribution >= 4 is 11.6 Å². The van der Waals surface area contributed by atoms with Crippen LogP contribution in [0.1, 0.15) is 38.5 Å². The highest BCUT2D eigenvalue weighted by atomic mass is 16.5. The van der Waals surface area contributed by atoms with E-state index in [0.717, 1.165) is 37.1 Å². The lowest BCUT2D eigenvalue weighted by Gasteiger charge is -2.14. The fourth-order valence-electron chi connectivity index (χ4n) is 2.57. The fourth-order valence-corrected chi connectivity index (χ4v) is 2.57. The van der Waals surface area contributed by atoms with Gasteiger partial charge in [-0.1, -0.05) is 6.07 Å². The molecule has 2 saturated carbocycles. The Labute approximate surface area is 119 Å². The number of hydrogen-bond acceptors (Lipinski definition) is 3. The lowest BCUT2D eigenvalue weighted by atomic mass is 10.2. The number of ether oxygens (including phenoxy) is 1. The quantitative estimate of drug-likeness (QED) is 0.838. The van der Waals surface area contributed by atoms with Crippen LogP contribution in [0.15, 0.2) is 24.3 Å². The van der Waals surface area contributed by atoms with Crippen LogP contribution in [0.3, 0.4) is 0 Å². The molecule has 20 heavy (non-hydrogen) atoms. The molecule has 3 rings (SSSR count). The van der Waals surface area contributed by atoms with Gasteiger partial charge in [-0.25, -0.2) is 0 Å². The second kappa shape index (κ2) is 6.16. The van der Waals surface area contributed by atoms with E-state index in [1.807, 2.05) is 24.3 Å². The molecule has 1 aromatic carbocycles. The van der Waals surface area contributed by atoms with Gasteiger partial charge < -0.3 is 15.4 Å². The van der Waals surface area contributed by atoms with E-state index in [0.29, 0.717) is 18.7 Å². The van der Waals surface area contributed by atoms with Crippen molar-refractivity contribution in [2.75, 3.05) is 11.9 Å². The van der Waals surface area contributed by atoms with Crippen LogP contribution in [0.25, 0.3) is 0 Å². The molecular weight excluding hydrogens is 252 g/mol. The van der Waals surface area contributed by atoms with Crippen LogP contribution in [0, 0.1) is 0 Å². The Balaban J connectivity index is 1.49. The van der Waals surface area contributed by atoms with Crippen molar-refractivity contribution in [3.63, 3.8) is 0 Å². The molecule has 0 bridgehead atoms. The van der Waals surface area contributed by atoms with Crippen molar-refractivity contribution in [3.8, 4) is 5.75 Å². The maximum atomic E-state index is 11.6. The van der Waals surface area contributed by atoms with E-state index >= 15 is 0 Å². The maximum absolute atomic E-state index is 11.6. The number of hydrogen-bond donors (Lipinski definition) is 2. The molecule has 2 aliphatic carbocycles. The van der Waals surface area contributed by atoms with Gasteiger partial charge in [-0.15, -0.1) is 0 Å². The van der Waals surface area contributed by atoms with Crippen molar-refractivity contribution < 1.29 is 9.53 Å². The second-order valence-electron chi connectivity index (χ2n) is 5.75. The monoisotopic (exact) mass is 274 g/mol. The van der Waals surface area contributed by atoms with Crippen molar-refractivity contribution in [3.05, 3.63) is 24.3 Å². The number of carbonyl (C=O) groups excluding carboxylic acids is 1. The first kappa shape index (κ1) is 13.3. The van der Waals surface area contributed by atoms with Crippen LogP contribution >= 0.6 is 0 Å². The van der Waals surface area contributed by atoms with Gasteiger partial charge in [-0.3, -0.25) is 4.79 Å². The third-order valence-electron chi connectivity index (χ3n) is 3.83. The van der Waals surface area contributed by atoms with Crippen molar-refractivity contribution in [1.29, 1.82) is 0 Å². The van der Waals surface area contributed by atoms with E-state index in [1.54, 1.807) is 0 Å². The van der Waals surface area contributed by atoms with Crippen LogP contribution < -0.4 is 15.4 Å². The first-order chi connectivity index (χ1) is 9.79. The predicted molar refractivity (Wildman–Crippen MR) is 79.0 cm³/mol. The topological polar surface area (TPSA) is 50.4 Å². The van der Waals surface area contributed by atoms with Gasteiger partial charge in [0.25, 0.3) is 0 Å². The van der Waals surface area contributed by atoms with Crippen LogP contribution in [-0.4, -0.2) is 24.6 Å². The molecular formula is C16H22N2O2. The van der Waals surface area contributed by atoms with Gasteiger partial charge in [0.2, 0.25) is 5.91 Å². The number of amides is 1. The summed E-state index contributed by atoms with van der Waals surface area (Å²) < 4.78 is 5.96. The van der Waals surface area contributed by atoms with Gasteiger partial charge in [0.15, 0.2) is 0 Å². The highest BCUT2D eigenvalue weighted by Crippen LogP contribution is 2.25. The van der Waals surface area contributed by atoms with Gasteiger partial charge >= 0.3 is 0 Å². The van der Waals surface area contributed by atoms with Crippen LogP contribution in [-0.2, 0) is 4.79 Å². The summed E-state index contributed by atoms with van der Waals surface area (Å²) in [6.45, 7) is 0.323. The third-order valence-corrected chi connectivity index (χ3v) is 3.83. The molecule has 2 N–H and O–H groups in total. The molecule has 0 atom stereocenters. The van der Waals surface area contributed by atoms with Crippen LogP contribution in [0.5, 0.6) is 5.75 Å². The Morgan fingerprint density at radius 1 is 1.20 bits per heavy atom. The molecule has 0 aliphatic heterocycles. The molecule has 0 heterocycles. The van der Waals surface area contributed by atoms with Crippen molar-refractivity contribution in [2.24, 2.45) is 0 Å². The number of rotatable bonds is 6. The lowest BCUT2D eigenvalue weighted by Crippen LogP contribution is -2.31. The zero-order chi connectivity index (χ0) is 13.8. The summed E-state index contributed by atoms with van der Waals surface area (Å²) in [6.07, 6.45) is 7.45. The number of benzene rings is 1. The third kappa shape index (κ3) is 3.89. The summed E-state index contributed by atoms with van der Waals surface area (Å²) in [4.78, 5) is 11.6. The minimum atomic E-state index is 0.0645. The predicted octanol–water partition coefficient (Wildman–Crippen LogP) is 2.70. The summed E-state index contributed by atoms with van der Waals surface area (Å²) in [6, 6.07) is 8.30. The van der Waals surface area contributed by atoms with Crippen LogP contribution in [0.2, 0.25) is 0 Å². The van der Waals surface area contributed by atoms with Gasteiger partial charge in [0, 0.05) is 17.8 Å². The molecule has 0 radical (unpaired) electrons. The molecule has 1 aromatic rings. The summed E-state index contributed by atoms with van der Waals surface area (Å²) in [5.41, 5.74) is 0.937. The van der Waals surface area contributed by atoms with E-state index in [-0.39, 0.29) is 5.91 Å². The molecule has 0 saturated heterocycles. The zero-order valence-electron chi connectivity index (χ0n) is 11.7. The van der Waals surface area contributed by atoms with Gasteiger partial charge in [0.05, 0.1) is 12.6 Å². The summed E-state index contributed by atoms with van der Waals surface area (Å²) >= 11 is 0. The number of anilines is 1. The Hall–Kier alpha value is -1.71. The van der Waals surface area contributed by atoms with Crippen LogP contribution in [0.4, 0.5) is 5.69 Å². The Kier molecular flexibility index (Phi) is 4.09. The molecule has 2 fully saturated rings. The van der Waals surface area contributed by atoms with Crippen molar-refractivity contribution in [2.45, 2.75) is 50.7 Å². The van der Waals surface area contributed by atoms with Gasteiger partial charge in [-0.2, -0.15) is 0 Å². The fraction of sp³-hybridized carbons (Fsp3) is 0.562. The second-order valence-corrected chi connectivity index (χ2v) is 5.75. The molecule has 4 nitrogen and oxygen atoms in total. The average Bonchev–Trinajstić information content (AvgIpc) is 3.11. The molecule has 1 amide bonds. The average molecular weight is 274 g/mol. The lowest BCUT2D eigenvalue weighted by molar-refractivity contribution is -0.119. The summed E-state index contributed by atoms with van der Waals surface area (Å²) in [5, 5.41) is 6.12. The Morgan fingerprint density at radius 3 is 2.75 bits per heavy atom. The molecule has 4 heteroatoms. The minimum Gasteiger partial charge on any atom is -0.490 e. The Morgan fingerprint density at radius 2 is 2.00 bits per heavy atom. The highest BCUT2D eigenvalue weighted by molar-refractivity contribution is 5.81. The zero-order valence-corrected chi connectivity index (χ0v) is 11.7. The van der Waals surface area contributed by atoms with E-state index in [9.17, 15) is 4.79 Å². The first-order valence-corrected chi connectivity index (χ1v) is 7.59. The normalized spacial score (nSPS) is 18.8. The van der Waals surface area contributed by atoms with E-state index in [1.165, 1.54) is 12.8 Å². The van der Waals surface area contributed by atoms with E-state index in [4.69, 9.17) is 4.74 Å². The van der Waals surface area contributed by atoms with E-state index < -0.39 is 0 Å². The Bertz CT molecular complexity index is 465. The van der Waals surface area contributed by atoms with E-state index in [2.05, 4.69) is 10.6 Å². The number of nitrogens with one attached hydrogen (secondary N) is 2. The molecule has 0 aromatic heterocycles. The smallest absolute Gasteiger partial charge is 0.239 e. The van der Waals surface area contributed by atoms with Crippen molar-refractivity contribution in [1.82, 2.24) is 5.32 Å². The molecule has 0 unspecified atom stereocenters. The largest absolute Gasteiger partial charge is 0.490 e. The summed E-state index contributed by atoms with van der Waals surface area (Å²) in [7, 11) is 0. The standard InChI is InChI=1S/C16H22N2O2/c19-16(18-12-8-9-12)11-17-13-4-3-7-15(10-13)20-14-5-1-2-6-14/h3-4,7,10,12,14,17H,1-2,5-6,8-9,11H2,(H,18,19). The van der Waals surface area contributed by atoms with Gasteiger partial charge in [-0.05, 0) is 50.7 Å². The molecule has 2 aliphatic rings. The number of carbonyl (C=O) groups is 1. The highest BCUT2D eigenvalue weighted by Gasteiger charge is 2.22. The minimum absolute atomic E-state index is 0.0645. The molecule has 0 spiro atoms. The maximum Gasteiger partial charge on any atom is 0.239 e.